The molecule has 1 N–H and O–H groups in total. The number of thiazole rings is 1. The van der Waals surface area contributed by atoms with Gasteiger partial charge in [0.05, 0.1) is 18.4 Å². The molecule has 0 saturated carbocycles. The number of aromatic nitrogens is 1. The quantitative estimate of drug-likeness (QED) is 0.758. The van der Waals surface area contributed by atoms with Crippen LogP contribution in [0.1, 0.15) is 10.4 Å². The Morgan fingerprint density at radius 2 is 2.04 bits per heavy atom. The van der Waals surface area contributed by atoms with Gasteiger partial charge in [-0.1, -0.05) is 18.2 Å². The second kappa shape index (κ2) is 7.14. The van der Waals surface area contributed by atoms with Crippen molar-refractivity contribution in [2.75, 3.05) is 24.4 Å². The van der Waals surface area contributed by atoms with Gasteiger partial charge >= 0.3 is 0 Å². The van der Waals surface area contributed by atoms with Gasteiger partial charge in [-0.25, -0.2) is 4.98 Å². The normalized spacial score (nSPS) is 10.2. The van der Waals surface area contributed by atoms with Gasteiger partial charge < -0.3 is 10.1 Å². The Hall–Kier alpha value is -2.86. The number of nitrogens with zero attached hydrogens (tertiary/aromatic N) is 2. The lowest BCUT2D eigenvalue weighted by Crippen LogP contribution is -2.26. The van der Waals surface area contributed by atoms with Crippen LogP contribution in [-0.2, 0) is 0 Å². The molecule has 1 heterocycles. The summed E-state index contributed by atoms with van der Waals surface area (Å²) < 4.78 is 5.24. The predicted molar refractivity (Wildman–Crippen MR) is 97.6 cm³/mol. The Bertz CT molecular complexity index is 834. The lowest BCUT2D eigenvalue weighted by Gasteiger charge is -2.17. The molecule has 122 valence electrons. The van der Waals surface area contributed by atoms with E-state index in [1.165, 1.54) is 11.3 Å². The largest absolute Gasteiger partial charge is 0.497 e. The Morgan fingerprint density at radius 1 is 1.21 bits per heavy atom. The van der Waals surface area contributed by atoms with E-state index in [4.69, 9.17) is 4.74 Å². The maximum Gasteiger partial charge on any atom is 0.261 e. The molecule has 0 aliphatic rings. The summed E-state index contributed by atoms with van der Waals surface area (Å²) in [5, 5.41) is 5.79. The maximum atomic E-state index is 12.8. The minimum absolute atomic E-state index is 0.115. The summed E-state index contributed by atoms with van der Waals surface area (Å²) in [5.41, 5.74) is 2.17. The Labute approximate surface area is 144 Å². The van der Waals surface area contributed by atoms with Gasteiger partial charge in [0.1, 0.15) is 5.75 Å². The van der Waals surface area contributed by atoms with Gasteiger partial charge in [-0.2, -0.15) is 0 Å². The number of carbonyl (C=O) groups is 1. The topological polar surface area (TPSA) is 54.5 Å². The molecule has 0 aliphatic heterocycles. The lowest BCUT2D eigenvalue weighted by atomic mass is 10.1. The van der Waals surface area contributed by atoms with E-state index in [0.717, 1.165) is 17.1 Å². The molecule has 2 aromatic carbocycles. The maximum absolute atomic E-state index is 12.8. The molecule has 0 atom stereocenters. The van der Waals surface area contributed by atoms with E-state index in [1.807, 2.05) is 47.8 Å². The first-order valence-corrected chi connectivity index (χ1v) is 8.24. The number of hydrogen-bond donors (Lipinski definition) is 1. The van der Waals surface area contributed by atoms with E-state index in [2.05, 4.69) is 10.3 Å². The molecule has 5 nitrogen and oxygen atoms in total. The number of rotatable bonds is 5. The zero-order chi connectivity index (χ0) is 16.9. The summed E-state index contributed by atoms with van der Waals surface area (Å²) in [6, 6.07) is 15.0. The van der Waals surface area contributed by atoms with Crippen LogP contribution >= 0.6 is 11.3 Å². The fourth-order valence-corrected chi connectivity index (χ4v) is 2.89. The highest BCUT2D eigenvalue weighted by Gasteiger charge is 2.18. The minimum Gasteiger partial charge on any atom is -0.497 e. The molecule has 0 bridgehead atoms. The van der Waals surface area contributed by atoms with E-state index in [-0.39, 0.29) is 5.91 Å². The Balaban J connectivity index is 1.89. The van der Waals surface area contributed by atoms with Crippen molar-refractivity contribution in [1.82, 2.24) is 4.98 Å². The third kappa shape index (κ3) is 3.38. The number of nitrogens with one attached hydrogen (secondary N) is 1. The first kappa shape index (κ1) is 16.0. The van der Waals surface area contributed by atoms with Gasteiger partial charge in [-0.3, -0.25) is 9.69 Å². The third-order valence-corrected chi connectivity index (χ3v) is 4.36. The molecular weight excluding hydrogens is 322 g/mol. The Kier molecular flexibility index (Phi) is 4.77. The van der Waals surface area contributed by atoms with Crippen molar-refractivity contribution in [2.24, 2.45) is 0 Å². The van der Waals surface area contributed by atoms with Crippen LogP contribution < -0.4 is 15.0 Å². The zero-order valence-electron chi connectivity index (χ0n) is 13.4. The Morgan fingerprint density at radius 3 is 2.79 bits per heavy atom. The SMILES string of the molecule is COc1cccc(Nc2ccccc2C(=O)N(C)c2nccs2)c1. The van der Waals surface area contributed by atoms with E-state index >= 15 is 0 Å². The van der Waals surface area contributed by atoms with E-state index in [9.17, 15) is 4.79 Å². The van der Waals surface area contributed by atoms with Crippen molar-refractivity contribution in [1.29, 1.82) is 0 Å². The van der Waals surface area contributed by atoms with E-state index < -0.39 is 0 Å². The summed E-state index contributed by atoms with van der Waals surface area (Å²) in [6.07, 6.45) is 1.68. The van der Waals surface area contributed by atoms with Gasteiger partial charge in [0.15, 0.2) is 5.13 Å². The van der Waals surface area contributed by atoms with Crippen molar-refractivity contribution >= 4 is 33.8 Å². The van der Waals surface area contributed by atoms with Gasteiger partial charge in [0.2, 0.25) is 0 Å². The summed E-state index contributed by atoms with van der Waals surface area (Å²) in [5.74, 6) is 0.639. The summed E-state index contributed by atoms with van der Waals surface area (Å²) in [6.45, 7) is 0. The van der Waals surface area contributed by atoms with Crippen molar-refractivity contribution < 1.29 is 9.53 Å². The molecule has 3 rings (SSSR count). The molecule has 0 aliphatic carbocycles. The average molecular weight is 339 g/mol. The standard InChI is InChI=1S/C18H17N3O2S/c1-21(18-19-10-11-24-18)17(22)15-8-3-4-9-16(15)20-13-6-5-7-14(12-13)23-2/h3-12,20H,1-2H3. The predicted octanol–water partition coefficient (Wildman–Crippen LogP) is 4.17. The summed E-state index contributed by atoms with van der Waals surface area (Å²) >= 11 is 1.43. The number of ether oxygens (including phenoxy) is 1. The smallest absolute Gasteiger partial charge is 0.261 e. The fraction of sp³-hybridized carbons (Fsp3) is 0.111. The second-order valence-corrected chi connectivity index (χ2v) is 5.95. The molecule has 24 heavy (non-hydrogen) atoms. The number of hydrogen-bond acceptors (Lipinski definition) is 5. The van der Waals surface area contributed by atoms with Crippen LogP contribution in [-0.4, -0.2) is 25.0 Å². The van der Waals surface area contributed by atoms with Crippen LogP contribution in [0, 0.1) is 0 Å². The molecule has 1 amide bonds. The molecule has 3 aromatic rings. The highest BCUT2D eigenvalue weighted by Crippen LogP contribution is 2.26. The van der Waals surface area contributed by atoms with E-state index in [1.54, 1.807) is 31.3 Å². The van der Waals surface area contributed by atoms with Crippen LogP contribution in [0.4, 0.5) is 16.5 Å². The molecule has 1 aromatic heterocycles. The van der Waals surface area contributed by atoms with Crippen molar-refractivity contribution in [2.45, 2.75) is 0 Å². The van der Waals surface area contributed by atoms with Crippen molar-refractivity contribution in [3.05, 3.63) is 65.7 Å². The van der Waals surface area contributed by atoms with Crippen molar-refractivity contribution in [3.8, 4) is 5.75 Å². The lowest BCUT2D eigenvalue weighted by molar-refractivity contribution is 0.0994. The number of benzene rings is 2. The number of amides is 1. The number of methoxy groups -OCH3 is 1. The first-order chi connectivity index (χ1) is 11.7. The highest BCUT2D eigenvalue weighted by atomic mass is 32.1. The molecule has 0 fully saturated rings. The minimum atomic E-state index is -0.115. The van der Waals surface area contributed by atoms with Crippen LogP contribution in [0.5, 0.6) is 5.75 Å². The fourth-order valence-electron chi connectivity index (χ4n) is 2.28. The van der Waals surface area contributed by atoms with E-state index in [0.29, 0.717) is 10.7 Å². The molecule has 0 saturated heterocycles. The molecule has 0 radical (unpaired) electrons. The summed E-state index contributed by atoms with van der Waals surface area (Å²) in [4.78, 5) is 18.5. The van der Waals surface area contributed by atoms with Crippen LogP contribution in [0.25, 0.3) is 0 Å². The second-order valence-electron chi connectivity index (χ2n) is 5.08. The monoisotopic (exact) mass is 339 g/mol. The number of anilines is 3. The third-order valence-electron chi connectivity index (χ3n) is 3.52. The zero-order valence-corrected chi connectivity index (χ0v) is 14.2. The van der Waals surface area contributed by atoms with Crippen molar-refractivity contribution in [3.63, 3.8) is 0 Å². The first-order valence-electron chi connectivity index (χ1n) is 7.36. The van der Waals surface area contributed by atoms with Crippen LogP contribution in [0.15, 0.2) is 60.1 Å². The van der Waals surface area contributed by atoms with Gasteiger partial charge in [-0.15, -0.1) is 11.3 Å². The molecule has 0 unspecified atom stereocenters. The highest BCUT2D eigenvalue weighted by molar-refractivity contribution is 7.13. The molecule has 6 heteroatoms. The van der Waals surface area contributed by atoms with Crippen LogP contribution in [0.2, 0.25) is 0 Å². The molecule has 0 spiro atoms. The van der Waals surface area contributed by atoms with Crippen LogP contribution in [0.3, 0.4) is 0 Å². The van der Waals surface area contributed by atoms with Gasteiger partial charge in [-0.05, 0) is 24.3 Å². The average Bonchev–Trinajstić information content (AvgIpc) is 3.16. The van der Waals surface area contributed by atoms with Gasteiger partial charge in [0, 0.05) is 30.4 Å². The summed E-state index contributed by atoms with van der Waals surface area (Å²) in [7, 11) is 3.35. The van der Waals surface area contributed by atoms with Gasteiger partial charge in [0.25, 0.3) is 5.91 Å². The molecular formula is C18H17N3O2S. The number of para-hydroxylation sites is 1. The number of carbonyl (C=O) groups excluding carboxylic acids is 1.